The van der Waals surface area contributed by atoms with Crippen molar-refractivity contribution in [2.75, 3.05) is 0 Å². The molecule has 3 rings (SSSR count). The van der Waals surface area contributed by atoms with E-state index in [1.165, 1.54) is 6.33 Å². The Bertz CT molecular complexity index is 709. The van der Waals surface area contributed by atoms with E-state index < -0.39 is 0 Å². The Morgan fingerprint density at radius 2 is 2.00 bits per heavy atom. The molecule has 0 radical (unpaired) electrons. The van der Waals surface area contributed by atoms with Gasteiger partial charge in [-0.05, 0) is 12.1 Å². The summed E-state index contributed by atoms with van der Waals surface area (Å²) in [5.74, 6) is 0.670. The van der Waals surface area contributed by atoms with Crippen molar-refractivity contribution in [3.63, 3.8) is 0 Å². The third-order valence-corrected chi connectivity index (χ3v) is 2.47. The number of H-pyrrole nitrogens is 1. The summed E-state index contributed by atoms with van der Waals surface area (Å²) in [7, 11) is 0. The molecule has 2 heterocycles. The summed E-state index contributed by atoms with van der Waals surface area (Å²) in [6.07, 6.45) is 4.82. The first-order valence-corrected chi connectivity index (χ1v) is 5.02. The lowest BCUT2D eigenvalue weighted by Gasteiger charge is -1.91. The van der Waals surface area contributed by atoms with Crippen molar-refractivity contribution >= 4 is 11.0 Å². The molecular weight excluding hydrogens is 214 g/mol. The number of nitrogens with zero attached hydrogens (tertiary/aromatic N) is 4. The van der Waals surface area contributed by atoms with E-state index in [1.807, 2.05) is 12.1 Å². The second-order valence-electron chi connectivity index (χ2n) is 3.53. The van der Waals surface area contributed by atoms with Crippen LogP contribution in [0.25, 0.3) is 22.4 Å². The van der Waals surface area contributed by atoms with Crippen molar-refractivity contribution in [2.45, 2.75) is 0 Å². The summed E-state index contributed by atoms with van der Waals surface area (Å²) in [6.45, 7) is 0. The number of imidazole rings is 1. The van der Waals surface area contributed by atoms with E-state index in [1.54, 1.807) is 18.5 Å². The second-order valence-corrected chi connectivity index (χ2v) is 3.53. The van der Waals surface area contributed by atoms with Gasteiger partial charge in [-0.25, -0.2) is 15.0 Å². The number of nitrogens with one attached hydrogen (secondary N) is 1. The minimum absolute atomic E-state index is 0.557. The Morgan fingerprint density at radius 3 is 2.76 bits per heavy atom. The van der Waals surface area contributed by atoms with Crippen LogP contribution in [0.5, 0.6) is 0 Å². The average Bonchev–Trinajstić information content (AvgIpc) is 2.83. The summed E-state index contributed by atoms with van der Waals surface area (Å²) >= 11 is 0. The van der Waals surface area contributed by atoms with Gasteiger partial charge >= 0.3 is 0 Å². The van der Waals surface area contributed by atoms with E-state index in [0.29, 0.717) is 16.9 Å². The van der Waals surface area contributed by atoms with E-state index in [9.17, 15) is 0 Å². The molecule has 1 aromatic carbocycles. The van der Waals surface area contributed by atoms with E-state index in [4.69, 9.17) is 5.26 Å². The Labute approximate surface area is 96.8 Å². The number of fused-ring (bicyclic) bond motifs is 1. The SMILES string of the molecule is N#Cc1cccc2[nH]c(-c3cncnc3)nc12. The zero-order valence-electron chi connectivity index (χ0n) is 8.75. The van der Waals surface area contributed by atoms with Crippen molar-refractivity contribution in [2.24, 2.45) is 0 Å². The highest BCUT2D eigenvalue weighted by Gasteiger charge is 2.08. The van der Waals surface area contributed by atoms with Gasteiger partial charge < -0.3 is 4.98 Å². The summed E-state index contributed by atoms with van der Waals surface area (Å²) in [6, 6.07) is 7.57. The van der Waals surface area contributed by atoms with Crippen LogP contribution < -0.4 is 0 Å². The van der Waals surface area contributed by atoms with E-state index >= 15 is 0 Å². The lowest BCUT2D eigenvalue weighted by atomic mass is 10.2. The smallest absolute Gasteiger partial charge is 0.141 e. The van der Waals surface area contributed by atoms with Crippen LogP contribution in [0.15, 0.2) is 36.9 Å². The monoisotopic (exact) mass is 221 g/mol. The number of para-hydroxylation sites is 1. The van der Waals surface area contributed by atoms with Gasteiger partial charge in [-0.15, -0.1) is 0 Å². The molecule has 0 aliphatic rings. The fourth-order valence-corrected chi connectivity index (χ4v) is 1.68. The summed E-state index contributed by atoms with van der Waals surface area (Å²) in [5.41, 5.74) is 2.87. The number of nitriles is 1. The maximum absolute atomic E-state index is 8.99. The zero-order chi connectivity index (χ0) is 11.7. The third-order valence-electron chi connectivity index (χ3n) is 2.47. The minimum atomic E-state index is 0.557. The van der Waals surface area contributed by atoms with E-state index in [-0.39, 0.29) is 0 Å². The van der Waals surface area contributed by atoms with Crippen molar-refractivity contribution in [1.82, 2.24) is 19.9 Å². The van der Waals surface area contributed by atoms with Crippen LogP contribution in [0.4, 0.5) is 0 Å². The predicted molar refractivity (Wildman–Crippen MR) is 61.8 cm³/mol. The molecule has 80 valence electrons. The van der Waals surface area contributed by atoms with Crippen LogP contribution in [0.1, 0.15) is 5.56 Å². The Hall–Kier alpha value is -2.74. The molecule has 0 saturated heterocycles. The van der Waals surface area contributed by atoms with Crippen LogP contribution in [-0.2, 0) is 0 Å². The Morgan fingerprint density at radius 1 is 1.18 bits per heavy atom. The van der Waals surface area contributed by atoms with Crippen LogP contribution in [0.2, 0.25) is 0 Å². The molecule has 0 aliphatic carbocycles. The molecule has 17 heavy (non-hydrogen) atoms. The molecule has 0 aliphatic heterocycles. The first kappa shape index (κ1) is 9.48. The van der Waals surface area contributed by atoms with Crippen molar-refractivity contribution in [3.05, 3.63) is 42.5 Å². The molecular formula is C12H7N5. The highest BCUT2D eigenvalue weighted by molar-refractivity contribution is 5.84. The van der Waals surface area contributed by atoms with Crippen molar-refractivity contribution in [3.8, 4) is 17.5 Å². The molecule has 0 unspecified atom stereocenters. The van der Waals surface area contributed by atoms with Gasteiger partial charge in [0.25, 0.3) is 0 Å². The molecule has 5 nitrogen and oxygen atoms in total. The second kappa shape index (κ2) is 3.68. The average molecular weight is 221 g/mol. The molecule has 2 aromatic heterocycles. The normalized spacial score (nSPS) is 10.3. The quantitative estimate of drug-likeness (QED) is 0.680. The summed E-state index contributed by atoms with van der Waals surface area (Å²) in [4.78, 5) is 15.4. The van der Waals surface area contributed by atoms with Gasteiger partial charge in [-0.3, -0.25) is 0 Å². The zero-order valence-corrected chi connectivity index (χ0v) is 8.75. The van der Waals surface area contributed by atoms with Gasteiger partial charge in [-0.2, -0.15) is 5.26 Å². The summed E-state index contributed by atoms with van der Waals surface area (Å²) < 4.78 is 0. The topological polar surface area (TPSA) is 78.2 Å². The number of benzene rings is 1. The van der Waals surface area contributed by atoms with Gasteiger partial charge in [0, 0.05) is 12.4 Å². The molecule has 0 atom stereocenters. The van der Waals surface area contributed by atoms with Crippen LogP contribution in [-0.4, -0.2) is 19.9 Å². The Kier molecular flexibility index (Phi) is 2.06. The number of hydrogen-bond acceptors (Lipinski definition) is 4. The Balaban J connectivity index is 2.25. The largest absolute Gasteiger partial charge is 0.338 e. The lowest BCUT2D eigenvalue weighted by molar-refractivity contribution is 1.15. The fraction of sp³-hybridized carbons (Fsp3) is 0. The molecule has 3 aromatic rings. The number of hydrogen-bond donors (Lipinski definition) is 1. The van der Waals surface area contributed by atoms with Crippen LogP contribution in [0, 0.1) is 11.3 Å². The van der Waals surface area contributed by atoms with E-state index in [2.05, 4.69) is 26.0 Å². The van der Waals surface area contributed by atoms with Crippen LogP contribution >= 0.6 is 0 Å². The van der Waals surface area contributed by atoms with Crippen molar-refractivity contribution < 1.29 is 0 Å². The molecule has 1 N–H and O–H groups in total. The van der Waals surface area contributed by atoms with Gasteiger partial charge in [-0.1, -0.05) is 6.07 Å². The maximum atomic E-state index is 8.99. The van der Waals surface area contributed by atoms with Gasteiger partial charge in [0.05, 0.1) is 16.6 Å². The minimum Gasteiger partial charge on any atom is -0.338 e. The first-order chi connectivity index (χ1) is 8.38. The number of rotatable bonds is 1. The van der Waals surface area contributed by atoms with E-state index in [0.717, 1.165) is 11.1 Å². The van der Waals surface area contributed by atoms with Gasteiger partial charge in [0.2, 0.25) is 0 Å². The molecule has 0 spiro atoms. The maximum Gasteiger partial charge on any atom is 0.141 e. The van der Waals surface area contributed by atoms with Crippen molar-refractivity contribution in [1.29, 1.82) is 5.26 Å². The van der Waals surface area contributed by atoms with Gasteiger partial charge in [0.15, 0.2) is 0 Å². The predicted octanol–water partition coefficient (Wildman–Crippen LogP) is 1.89. The number of aromatic nitrogens is 4. The molecule has 0 fully saturated rings. The standard InChI is InChI=1S/C12H7N5/c13-4-8-2-1-3-10-11(8)17-12(16-10)9-5-14-7-15-6-9/h1-3,5-7H,(H,16,17). The lowest BCUT2D eigenvalue weighted by Crippen LogP contribution is -1.83. The third kappa shape index (κ3) is 1.52. The highest BCUT2D eigenvalue weighted by atomic mass is 14.9. The first-order valence-electron chi connectivity index (χ1n) is 5.02. The van der Waals surface area contributed by atoms with Gasteiger partial charge in [0.1, 0.15) is 23.7 Å². The molecule has 0 saturated carbocycles. The molecule has 0 bridgehead atoms. The molecule has 0 amide bonds. The molecule has 5 heteroatoms. The fourth-order valence-electron chi connectivity index (χ4n) is 1.68. The summed E-state index contributed by atoms with van der Waals surface area (Å²) in [5, 5.41) is 8.99. The number of aromatic amines is 1. The highest BCUT2D eigenvalue weighted by Crippen LogP contribution is 2.21. The van der Waals surface area contributed by atoms with Crippen LogP contribution in [0.3, 0.4) is 0 Å².